The van der Waals surface area contributed by atoms with Crippen molar-refractivity contribution in [1.82, 2.24) is 10.2 Å². The van der Waals surface area contributed by atoms with Crippen LogP contribution in [-0.2, 0) is 11.3 Å². The Bertz CT molecular complexity index is 432. The van der Waals surface area contributed by atoms with Gasteiger partial charge in [0.1, 0.15) is 5.75 Å². The lowest BCUT2D eigenvalue weighted by atomic mass is 10.1. The summed E-state index contributed by atoms with van der Waals surface area (Å²) in [4.78, 5) is 4.50. The first kappa shape index (κ1) is 16.1. The molecule has 0 unspecified atom stereocenters. The van der Waals surface area contributed by atoms with Crippen molar-refractivity contribution >= 4 is 5.69 Å². The fourth-order valence-corrected chi connectivity index (χ4v) is 2.43. The molecule has 0 amide bonds. The molecular formula is C16H27N3O2. The summed E-state index contributed by atoms with van der Waals surface area (Å²) in [5.74, 6) is 0.948. The first-order valence-electron chi connectivity index (χ1n) is 7.56. The standard InChI is InChI=1S/C16H27N3O2/c1-18(2)7-6-17-13-14-4-5-15(16(12-14)20-3)19-8-10-21-11-9-19/h4-5,12,17H,6-11,13H2,1-3H3. The topological polar surface area (TPSA) is 37.0 Å². The van der Waals surface area contributed by atoms with Crippen molar-refractivity contribution in [2.24, 2.45) is 0 Å². The maximum Gasteiger partial charge on any atom is 0.142 e. The van der Waals surface area contributed by atoms with Crippen LogP contribution >= 0.6 is 0 Å². The number of rotatable bonds is 7. The SMILES string of the molecule is COc1cc(CNCCN(C)C)ccc1N1CCOCC1. The number of nitrogens with one attached hydrogen (secondary N) is 1. The fraction of sp³-hybridized carbons (Fsp3) is 0.625. The molecule has 0 radical (unpaired) electrons. The predicted octanol–water partition coefficient (Wildman–Crippen LogP) is 1.18. The summed E-state index contributed by atoms with van der Waals surface area (Å²) in [6.07, 6.45) is 0. The van der Waals surface area contributed by atoms with Crippen molar-refractivity contribution in [3.8, 4) is 5.75 Å². The molecule has 0 spiro atoms. The number of hydrogen-bond acceptors (Lipinski definition) is 5. The number of anilines is 1. The number of likely N-dealkylation sites (N-methyl/N-ethyl adjacent to an activating group) is 1. The van der Waals surface area contributed by atoms with Gasteiger partial charge in [-0.2, -0.15) is 0 Å². The van der Waals surface area contributed by atoms with Crippen LogP contribution in [-0.4, -0.2) is 65.5 Å². The third-order valence-electron chi connectivity index (χ3n) is 3.66. The molecule has 0 atom stereocenters. The van der Waals surface area contributed by atoms with Crippen LogP contribution in [0.1, 0.15) is 5.56 Å². The Labute approximate surface area is 127 Å². The van der Waals surface area contributed by atoms with Crippen LogP contribution in [0.5, 0.6) is 5.75 Å². The summed E-state index contributed by atoms with van der Waals surface area (Å²) in [5.41, 5.74) is 2.42. The molecule has 0 saturated carbocycles. The quantitative estimate of drug-likeness (QED) is 0.764. The van der Waals surface area contributed by atoms with Gasteiger partial charge in [0.25, 0.3) is 0 Å². The minimum Gasteiger partial charge on any atom is -0.495 e. The molecule has 118 valence electrons. The monoisotopic (exact) mass is 293 g/mol. The lowest BCUT2D eigenvalue weighted by Crippen LogP contribution is -2.36. The van der Waals surface area contributed by atoms with E-state index < -0.39 is 0 Å². The Kier molecular flexibility index (Phi) is 6.29. The molecule has 5 heteroatoms. The number of morpholine rings is 1. The highest BCUT2D eigenvalue weighted by Gasteiger charge is 2.15. The molecule has 5 nitrogen and oxygen atoms in total. The van der Waals surface area contributed by atoms with Crippen LogP contribution in [0.15, 0.2) is 18.2 Å². The minimum atomic E-state index is 0.789. The minimum absolute atomic E-state index is 0.789. The highest BCUT2D eigenvalue weighted by Crippen LogP contribution is 2.29. The summed E-state index contributed by atoms with van der Waals surface area (Å²) < 4.78 is 11.0. The van der Waals surface area contributed by atoms with E-state index in [9.17, 15) is 0 Å². The molecular weight excluding hydrogens is 266 g/mol. The zero-order chi connectivity index (χ0) is 15.1. The van der Waals surface area contributed by atoms with E-state index in [4.69, 9.17) is 9.47 Å². The van der Waals surface area contributed by atoms with Crippen molar-refractivity contribution in [3.63, 3.8) is 0 Å². The predicted molar refractivity (Wildman–Crippen MR) is 86.3 cm³/mol. The molecule has 1 aliphatic rings. The van der Waals surface area contributed by atoms with Crippen molar-refractivity contribution in [2.75, 3.05) is 65.5 Å². The van der Waals surface area contributed by atoms with Gasteiger partial charge in [0.15, 0.2) is 0 Å². The summed E-state index contributed by atoms with van der Waals surface area (Å²) >= 11 is 0. The van der Waals surface area contributed by atoms with Crippen molar-refractivity contribution in [2.45, 2.75) is 6.54 Å². The number of methoxy groups -OCH3 is 1. The van der Waals surface area contributed by atoms with Crippen molar-refractivity contribution < 1.29 is 9.47 Å². The Morgan fingerprint density at radius 3 is 2.71 bits per heavy atom. The molecule has 0 bridgehead atoms. The zero-order valence-corrected chi connectivity index (χ0v) is 13.4. The largest absolute Gasteiger partial charge is 0.495 e. The molecule has 0 aliphatic carbocycles. The highest BCUT2D eigenvalue weighted by atomic mass is 16.5. The average molecular weight is 293 g/mol. The van der Waals surface area contributed by atoms with Gasteiger partial charge in [0, 0.05) is 32.7 Å². The Morgan fingerprint density at radius 1 is 1.29 bits per heavy atom. The van der Waals surface area contributed by atoms with E-state index in [1.807, 2.05) is 0 Å². The Hall–Kier alpha value is -1.30. The average Bonchev–Trinajstić information content (AvgIpc) is 2.52. The molecule has 1 fully saturated rings. The van der Waals surface area contributed by atoms with E-state index in [0.29, 0.717) is 0 Å². The van der Waals surface area contributed by atoms with Gasteiger partial charge < -0.3 is 24.6 Å². The molecule has 21 heavy (non-hydrogen) atoms. The first-order valence-corrected chi connectivity index (χ1v) is 7.56. The van der Waals surface area contributed by atoms with Gasteiger partial charge >= 0.3 is 0 Å². The Balaban J connectivity index is 1.95. The van der Waals surface area contributed by atoms with Crippen LogP contribution in [0.3, 0.4) is 0 Å². The zero-order valence-electron chi connectivity index (χ0n) is 13.4. The van der Waals surface area contributed by atoms with Crippen LogP contribution < -0.4 is 15.0 Å². The second-order valence-corrected chi connectivity index (χ2v) is 5.59. The van der Waals surface area contributed by atoms with E-state index in [1.165, 1.54) is 5.56 Å². The lowest BCUT2D eigenvalue weighted by molar-refractivity contribution is 0.122. The number of benzene rings is 1. The molecule has 1 saturated heterocycles. The number of ether oxygens (including phenoxy) is 2. The van der Waals surface area contributed by atoms with Crippen molar-refractivity contribution in [3.05, 3.63) is 23.8 Å². The van der Waals surface area contributed by atoms with Gasteiger partial charge in [-0.1, -0.05) is 6.07 Å². The van der Waals surface area contributed by atoms with E-state index in [2.05, 4.69) is 47.4 Å². The smallest absolute Gasteiger partial charge is 0.142 e. The summed E-state index contributed by atoms with van der Waals surface area (Å²) in [5, 5.41) is 3.45. The van der Waals surface area contributed by atoms with Gasteiger partial charge in [-0.05, 0) is 31.8 Å². The third-order valence-corrected chi connectivity index (χ3v) is 3.66. The second-order valence-electron chi connectivity index (χ2n) is 5.59. The Morgan fingerprint density at radius 2 is 2.05 bits per heavy atom. The molecule has 1 aromatic rings. The maximum atomic E-state index is 5.57. The van der Waals surface area contributed by atoms with Gasteiger partial charge in [0.2, 0.25) is 0 Å². The molecule has 1 heterocycles. The van der Waals surface area contributed by atoms with Gasteiger partial charge in [-0.3, -0.25) is 0 Å². The molecule has 2 rings (SSSR count). The van der Waals surface area contributed by atoms with Crippen LogP contribution in [0.4, 0.5) is 5.69 Å². The summed E-state index contributed by atoms with van der Waals surface area (Å²) in [6, 6.07) is 6.47. The maximum absolute atomic E-state index is 5.57. The molecule has 1 aromatic carbocycles. The highest BCUT2D eigenvalue weighted by molar-refractivity contribution is 5.60. The van der Waals surface area contributed by atoms with E-state index in [-0.39, 0.29) is 0 Å². The van der Waals surface area contributed by atoms with Crippen LogP contribution in [0, 0.1) is 0 Å². The van der Waals surface area contributed by atoms with E-state index in [1.54, 1.807) is 7.11 Å². The summed E-state index contributed by atoms with van der Waals surface area (Å²) in [6.45, 7) is 6.33. The second kappa shape index (κ2) is 8.22. The van der Waals surface area contributed by atoms with E-state index in [0.717, 1.165) is 57.4 Å². The van der Waals surface area contributed by atoms with Gasteiger partial charge in [-0.15, -0.1) is 0 Å². The number of nitrogens with zero attached hydrogens (tertiary/aromatic N) is 2. The normalized spacial score (nSPS) is 15.5. The van der Waals surface area contributed by atoms with Crippen LogP contribution in [0.25, 0.3) is 0 Å². The third kappa shape index (κ3) is 4.88. The lowest BCUT2D eigenvalue weighted by Gasteiger charge is -2.30. The molecule has 1 N–H and O–H groups in total. The van der Waals surface area contributed by atoms with E-state index >= 15 is 0 Å². The first-order chi connectivity index (χ1) is 10.2. The van der Waals surface area contributed by atoms with Crippen LogP contribution in [0.2, 0.25) is 0 Å². The summed E-state index contributed by atoms with van der Waals surface area (Å²) in [7, 11) is 5.91. The number of hydrogen-bond donors (Lipinski definition) is 1. The van der Waals surface area contributed by atoms with Gasteiger partial charge in [0.05, 0.1) is 26.0 Å². The fourth-order valence-electron chi connectivity index (χ4n) is 2.43. The molecule has 1 aliphatic heterocycles. The van der Waals surface area contributed by atoms with Gasteiger partial charge in [-0.25, -0.2) is 0 Å². The van der Waals surface area contributed by atoms with Crippen molar-refractivity contribution in [1.29, 1.82) is 0 Å². The molecule has 0 aromatic heterocycles.